The van der Waals surface area contributed by atoms with E-state index in [1.807, 2.05) is 19.9 Å². The smallest absolute Gasteiger partial charge is 0.328 e. The molecular weight excluding hydrogens is 261 g/mol. The summed E-state index contributed by atoms with van der Waals surface area (Å²) in [5.41, 5.74) is 0.914. The second-order valence-corrected chi connectivity index (χ2v) is 4.55. The lowest BCUT2D eigenvalue weighted by molar-refractivity contribution is -0.142. The van der Waals surface area contributed by atoms with Crippen LogP contribution in [0.2, 0.25) is 0 Å². The van der Waals surface area contributed by atoms with Crippen LogP contribution in [0.3, 0.4) is 0 Å². The van der Waals surface area contributed by atoms with Crippen LogP contribution in [0, 0.1) is 5.82 Å². The Morgan fingerprint density at radius 1 is 1.35 bits per heavy atom. The van der Waals surface area contributed by atoms with Gasteiger partial charge in [0, 0.05) is 0 Å². The van der Waals surface area contributed by atoms with Crippen molar-refractivity contribution in [2.75, 3.05) is 7.11 Å². The number of halogens is 1. The lowest BCUT2D eigenvalue weighted by Gasteiger charge is -2.15. The Bertz CT molecular complexity index is 522. The molecule has 0 aliphatic rings. The van der Waals surface area contributed by atoms with E-state index < -0.39 is 23.7 Å². The summed E-state index contributed by atoms with van der Waals surface area (Å²) in [4.78, 5) is 23.6. The number of esters is 1. The maximum atomic E-state index is 13.5. The van der Waals surface area contributed by atoms with Gasteiger partial charge in [-0.3, -0.25) is 4.79 Å². The summed E-state index contributed by atoms with van der Waals surface area (Å²) < 4.78 is 18.1. The van der Waals surface area contributed by atoms with Crippen molar-refractivity contribution >= 4 is 11.9 Å². The van der Waals surface area contributed by atoms with Crippen LogP contribution in [0.5, 0.6) is 0 Å². The molecule has 0 bridgehead atoms. The van der Waals surface area contributed by atoms with E-state index in [1.165, 1.54) is 25.3 Å². The molecule has 20 heavy (non-hydrogen) atoms. The monoisotopic (exact) mass is 279 g/mol. The summed E-state index contributed by atoms with van der Waals surface area (Å²) in [6.07, 6.45) is 2.11. The van der Waals surface area contributed by atoms with Gasteiger partial charge in [-0.25, -0.2) is 9.18 Å². The molecule has 0 radical (unpaired) electrons. The van der Waals surface area contributed by atoms with Crippen molar-refractivity contribution in [3.63, 3.8) is 0 Å². The minimum atomic E-state index is -0.831. The van der Waals surface area contributed by atoms with E-state index in [4.69, 9.17) is 0 Å². The van der Waals surface area contributed by atoms with Crippen LogP contribution in [0.25, 0.3) is 0 Å². The molecule has 5 heteroatoms. The van der Waals surface area contributed by atoms with Crippen molar-refractivity contribution in [3.8, 4) is 0 Å². The molecule has 0 saturated carbocycles. The highest BCUT2D eigenvalue weighted by Crippen LogP contribution is 2.08. The molecule has 0 aromatic heterocycles. The van der Waals surface area contributed by atoms with E-state index in [9.17, 15) is 14.0 Å². The highest BCUT2D eigenvalue weighted by molar-refractivity contribution is 5.97. The maximum absolute atomic E-state index is 13.5. The van der Waals surface area contributed by atoms with E-state index in [0.29, 0.717) is 6.42 Å². The molecule has 1 aromatic rings. The number of methoxy groups -OCH3 is 1. The molecule has 0 aliphatic heterocycles. The van der Waals surface area contributed by atoms with E-state index in [-0.39, 0.29) is 5.56 Å². The van der Waals surface area contributed by atoms with E-state index in [1.54, 1.807) is 6.07 Å². The molecule has 0 heterocycles. The van der Waals surface area contributed by atoms with Crippen LogP contribution in [-0.4, -0.2) is 25.0 Å². The standard InChI is InChI=1S/C15H18FNO3/c1-10(2)8-9-13(15(19)20-3)17-14(18)11-6-4-5-7-12(11)16/h4-8,13H,9H2,1-3H3,(H,17,18)/t13-/m0/s1. The summed E-state index contributed by atoms with van der Waals surface area (Å²) in [6, 6.07) is 4.77. The van der Waals surface area contributed by atoms with Gasteiger partial charge in [0.25, 0.3) is 5.91 Å². The van der Waals surface area contributed by atoms with Crippen LogP contribution in [0.4, 0.5) is 4.39 Å². The van der Waals surface area contributed by atoms with Crippen LogP contribution >= 0.6 is 0 Å². The third-order valence-electron chi connectivity index (χ3n) is 2.67. The Balaban J connectivity index is 2.84. The Morgan fingerprint density at radius 2 is 2.00 bits per heavy atom. The van der Waals surface area contributed by atoms with Crippen molar-refractivity contribution in [3.05, 3.63) is 47.3 Å². The number of nitrogens with one attached hydrogen (secondary N) is 1. The van der Waals surface area contributed by atoms with Gasteiger partial charge in [0.2, 0.25) is 0 Å². The Morgan fingerprint density at radius 3 is 2.55 bits per heavy atom. The first kappa shape index (κ1) is 15.9. The topological polar surface area (TPSA) is 55.4 Å². The first-order valence-electron chi connectivity index (χ1n) is 6.22. The van der Waals surface area contributed by atoms with Gasteiger partial charge in [0.1, 0.15) is 11.9 Å². The molecule has 108 valence electrons. The number of allylic oxidation sites excluding steroid dienone is 1. The summed E-state index contributed by atoms with van der Waals surface area (Å²) in [5.74, 6) is -1.83. The second kappa shape index (κ2) is 7.43. The predicted molar refractivity (Wildman–Crippen MR) is 73.7 cm³/mol. The Labute approximate surface area is 117 Å². The molecule has 1 amide bonds. The number of hydrogen-bond acceptors (Lipinski definition) is 3. The maximum Gasteiger partial charge on any atom is 0.328 e. The van der Waals surface area contributed by atoms with E-state index in [2.05, 4.69) is 10.1 Å². The van der Waals surface area contributed by atoms with Crippen LogP contribution < -0.4 is 5.32 Å². The fourth-order valence-electron chi connectivity index (χ4n) is 1.59. The molecule has 0 aliphatic carbocycles. The van der Waals surface area contributed by atoms with Gasteiger partial charge in [-0.15, -0.1) is 0 Å². The first-order valence-corrected chi connectivity index (χ1v) is 6.22. The fraction of sp³-hybridized carbons (Fsp3) is 0.333. The summed E-state index contributed by atoms with van der Waals surface area (Å²) in [7, 11) is 1.24. The Kier molecular flexibility index (Phi) is 5.90. The molecule has 4 nitrogen and oxygen atoms in total. The first-order chi connectivity index (χ1) is 9.45. The molecular formula is C15H18FNO3. The number of ether oxygens (including phenoxy) is 1. The molecule has 1 N–H and O–H groups in total. The number of rotatable bonds is 5. The normalized spacial score (nSPS) is 11.4. The molecule has 0 spiro atoms. The number of benzene rings is 1. The third kappa shape index (κ3) is 4.50. The lowest BCUT2D eigenvalue weighted by Crippen LogP contribution is -2.41. The minimum Gasteiger partial charge on any atom is -0.467 e. The molecule has 0 unspecified atom stereocenters. The zero-order valence-electron chi connectivity index (χ0n) is 11.8. The molecule has 0 fully saturated rings. The largest absolute Gasteiger partial charge is 0.467 e. The van der Waals surface area contributed by atoms with Gasteiger partial charge >= 0.3 is 5.97 Å². The average Bonchev–Trinajstić information content (AvgIpc) is 2.42. The number of carbonyl (C=O) groups excluding carboxylic acids is 2. The third-order valence-corrected chi connectivity index (χ3v) is 2.67. The summed E-state index contributed by atoms with van der Waals surface area (Å²) in [5, 5.41) is 2.48. The van der Waals surface area contributed by atoms with Crippen LogP contribution in [-0.2, 0) is 9.53 Å². The van der Waals surface area contributed by atoms with Crippen molar-refractivity contribution in [1.29, 1.82) is 0 Å². The summed E-state index contributed by atoms with van der Waals surface area (Å²) >= 11 is 0. The molecule has 0 saturated heterocycles. The van der Waals surface area contributed by atoms with E-state index >= 15 is 0 Å². The molecule has 1 aromatic carbocycles. The number of amides is 1. The average molecular weight is 279 g/mol. The highest BCUT2D eigenvalue weighted by atomic mass is 19.1. The summed E-state index contributed by atoms with van der Waals surface area (Å²) in [6.45, 7) is 3.76. The minimum absolute atomic E-state index is 0.0985. The van der Waals surface area contributed by atoms with Gasteiger partial charge < -0.3 is 10.1 Å². The van der Waals surface area contributed by atoms with Crippen molar-refractivity contribution in [1.82, 2.24) is 5.32 Å². The molecule has 1 rings (SSSR count). The SMILES string of the molecule is COC(=O)[C@H](CC=C(C)C)NC(=O)c1ccccc1F. The van der Waals surface area contributed by atoms with E-state index in [0.717, 1.165) is 5.57 Å². The second-order valence-electron chi connectivity index (χ2n) is 4.55. The zero-order chi connectivity index (χ0) is 15.1. The quantitative estimate of drug-likeness (QED) is 0.665. The molecule has 1 atom stereocenters. The predicted octanol–water partition coefficient (Wildman–Crippen LogP) is 2.45. The Hall–Kier alpha value is -2.17. The van der Waals surface area contributed by atoms with Gasteiger partial charge in [-0.1, -0.05) is 23.8 Å². The number of hydrogen-bond donors (Lipinski definition) is 1. The fourth-order valence-corrected chi connectivity index (χ4v) is 1.59. The lowest BCUT2D eigenvalue weighted by atomic mass is 10.1. The van der Waals surface area contributed by atoms with Gasteiger partial charge in [-0.05, 0) is 32.4 Å². The van der Waals surface area contributed by atoms with Gasteiger partial charge in [-0.2, -0.15) is 0 Å². The van der Waals surface area contributed by atoms with Crippen molar-refractivity contribution < 1.29 is 18.7 Å². The van der Waals surface area contributed by atoms with Crippen LogP contribution in [0.1, 0.15) is 30.6 Å². The van der Waals surface area contributed by atoms with Gasteiger partial charge in [0.15, 0.2) is 0 Å². The van der Waals surface area contributed by atoms with Crippen molar-refractivity contribution in [2.45, 2.75) is 26.3 Å². The zero-order valence-corrected chi connectivity index (χ0v) is 11.8. The van der Waals surface area contributed by atoms with Crippen molar-refractivity contribution in [2.24, 2.45) is 0 Å². The van der Waals surface area contributed by atoms with Gasteiger partial charge in [0.05, 0.1) is 12.7 Å². The van der Waals surface area contributed by atoms with Crippen LogP contribution in [0.15, 0.2) is 35.9 Å². The number of carbonyl (C=O) groups is 2. The highest BCUT2D eigenvalue weighted by Gasteiger charge is 2.22.